The highest BCUT2D eigenvalue weighted by molar-refractivity contribution is 8.13. The fourth-order valence-corrected chi connectivity index (χ4v) is 2.95. The van der Waals surface area contributed by atoms with Crippen molar-refractivity contribution in [1.29, 1.82) is 0 Å². The maximum absolute atomic E-state index is 10.9. The first kappa shape index (κ1) is 18.3. The lowest BCUT2D eigenvalue weighted by atomic mass is 10.1. The van der Waals surface area contributed by atoms with Crippen LogP contribution < -0.4 is 4.74 Å². The maximum atomic E-state index is 10.9. The van der Waals surface area contributed by atoms with Gasteiger partial charge in [0.15, 0.2) is 0 Å². The van der Waals surface area contributed by atoms with E-state index in [1.165, 1.54) is 18.4 Å². The van der Waals surface area contributed by atoms with Crippen LogP contribution in [0.5, 0.6) is 5.75 Å². The molecule has 0 aromatic heterocycles. The van der Waals surface area contributed by atoms with Gasteiger partial charge in [-0.05, 0) is 49.3 Å². The molecule has 1 aromatic rings. The molecule has 120 valence electrons. The summed E-state index contributed by atoms with van der Waals surface area (Å²) in [7, 11) is 1.82. The van der Waals surface area contributed by atoms with Gasteiger partial charge in [-0.15, -0.1) is 0 Å². The van der Waals surface area contributed by atoms with Crippen LogP contribution in [0.1, 0.15) is 45.1 Å². The number of halogens is 1. The average molecular weight is 333 g/mol. The van der Waals surface area contributed by atoms with Crippen LogP contribution >= 0.6 is 10.7 Å². The second-order valence-electron chi connectivity index (χ2n) is 5.52. The first-order valence-electron chi connectivity index (χ1n) is 7.54. The molecule has 0 fully saturated rings. The van der Waals surface area contributed by atoms with E-state index < -0.39 is 9.05 Å². The van der Waals surface area contributed by atoms with Gasteiger partial charge >= 0.3 is 0 Å². The SMILES string of the molecule is CCCCc1ccc(OCCC(C)CCS(=O)(=O)Cl)cc1. The Labute approximate surface area is 133 Å². The number of benzene rings is 1. The van der Waals surface area contributed by atoms with Crippen molar-refractivity contribution in [1.82, 2.24) is 0 Å². The highest BCUT2D eigenvalue weighted by Crippen LogP contribution is 2.16. The van der Waals surface area contributed by atoms with Crippen LogP contribution in [0, 0.1) is 5.92 Å². The number of rotatable bonds is 10. The number of ether oxygens (including phenoxy) is 1. The molecule has 1 unspecified atom stereocenters. The monoisotopic (exact) mass is 332 g/mol. The summed E-state index contributed by atoms with van der Waals surface area (Å²) in [6.07, 6.45) is 4.92. The Morgan fingerprint density at radius 2 is 1.86 bits per heavy atom. The number of hydrogen-bond donors (Lipinski definition) is 0. The summed E-state index contributed by atoms with van der Waals surface area (Å²) >= 11 is 0. The van der Waals surface area contributed by atoms with Crippen molar-refractivity contribution in [2.75, 3.05) is 12.4 Å². The molecule has 21 heavy (non-hydrogen) atoms. The van der Waals surface area contributed by atoms with E-state index in [4.69, 9.17) is 15.4 Å². The largest absolute Gasteiger partial charge is 0.494 e. The van der Waals surface area contributed by atoms with Crippen LogP contribution in [0.3, 0.4) is 0 Å². The molecule has 1 aromatic carbocycles. The standard InChI is InChI=1S/C16H25ClO3S/c1-3-4-5-15-6-8-16(9-7-15)20-12-10-14(2)11-13-21(17,18)19/h6-9,14H,3-5,10-13H2,1-2H3. The minimum atomic E-state index is -3.38. The second kappa shape index (κ2) is 9.31. The highest BCUT2D eigenvalue weighted by atomic mass is 35.7. The molecule has 0 bridgehead atoms. The molecular weight excluding hydrogens is 308 g/mol. The van der Waals surface area contributed by atoms with Gasteiger partial charge < -0.3 is 4.74 Å². The lowest BCUT2D eigenvalue weighted by Crippen LogP contribution is -2.08. The van der Waals surface area contributed by atoms with Crippen molar-refractivity contribution in [2.45, 2.75) is 46.0 Å². The average Bonchev–Trinajstić information content (AvgIpc) is 2.43. The predicted molar refractivity (Wildman–Crippen MR) is 88.6 cm³/mol. The van der Waals surface area contributed by atoms with Crippen LogP contribution in [0.4, 0.5) is 0 Å². The summed E-state index contributed by atoms with van der Waals surface area (Å²) in [5.74, 6) is 1.18. The third-order valence-electron chi connectivity index (χ3n) is 3.48. The van der Waals surface area contributed by atoms with Crippen LogP contribution in [0.25, 0.3) is 0 Å². The quantitative estimate of drug-likeness (QED) is 0.597. The van der Waals surface area contributed by atoms with Crippen molar-refractivity contribution in [3.05, 3.63) is 29.8 Å². The minimum Gasteiger partial charge on any atom is -0.494 e. The third kappa shape index (κ3) is 8.99. The fourth-order valence-electron chi connectivity index (χ4n) is 2.00. The van der Waals surface area contributed by atoms with Crippen molar-refractivity contribution in [3.8, 4) is 5.75 Å². The molecule has 3 nitrogen and oxygen atoms in total. The maximum Gasteiger partial charge on any atom is 0.232 e. The molecule has 5 heteroatoms. The van der Waals surface area contributed by atoms with Gasteiger partial charge in [-0.1, -0.05) is 32.4 Å². The summed E-state index contributed by atoms with van der Waals surface area (Å²) in [6.45, 7) is 4.80. The Bertz CT molecular complexity index is 497. The molecule has 0 heterocycles. The molecule has 0 aliphatic rings. The molecule has 1 rings (SSSR count). The lowest BCUT2D eigenvalue weighted by molar-refractivity contribution is 0.282. The van der Waals surface area contributed by atoms with E-state index in [1.54, 1.807) is 0 Å². The van der Waals surface area contributed by atoms with Crippen molar-refractivity contribution < 1.29 is 13.2 Å². The molecule has 0 spiro atoms. The van der Waals surface area contributed by atoms with Crippen LogP contribution in [0.2, 0.25) is 0 Å². The van der Waals surface area contributed by atoms with Gasteiger partial charge in [0.2, 0.25) is 9.05 Å². The number of aryl methyl sites for hydroxylation is 1. The van der Waals surface area contributed by atoms with Crippen molar-refractivity contribution in [3.63, 3.8) is 0 Å². The normalized spacial score (nSPS) is 13.1. The molecule has 0 aliphatic heterocycles. The topological polar surface area (TPSA) is 43.4 Å². The first-order chi connectivity index (χ1) is 9.90. The Balaban J connectivity index is 2.25. The van der Waals surface area contributed by atoms with Crippen molar-refractivity contribution >= 4 is 19.7 Å². The van der Waals surface area contributed by atoms with Gasteiger partial charge in [0, 0.05) is 10.7 Å². The van der Waals surface area contributed by atoms with Crippen molar-refractivity contribution in [2.24, 2.45) is 5.92 Å². The van der Waals surface area contributed by atoms with Gasteiger partial charge in [0.05, 0.1) is 12.4 Å². The summed E-state index contributed by atoms with van der Waals surface area (Å²) in [5, 5.41) is 0. The molecule has 0 N–H and O–H groups in total. The highest BCUT2D eigenvalue weighted by Gasteiger charge is 2.09. The van der Waals surface area contributed by atoms with E-state index >= 15 is 0 Å². The van der Waals surface area contributed by atoms with E-state index in [2.05, 4.69) is 19.1 Å². The third-order valence-corrected chi connectivity index (χ3v) is 4.66. The molecular formula is C16H25ClO3S. The molecule has 0 saturated heterocycles. The number of unbranched alkanes of at least 4 members (excludes halogenated alkanes) is 1. The zero-order valence-electron chi connectivity index (χ0n) is 12.8. The van der Waals surface area contributed by atoms with E-state index in [1.807, 2.05) is 19.1 Å². The van der Waals surface area contributed by atoms with E-state index in [0.717, 1.165) is 18.6 Å². The molecule has 0 aliphatic carbocycles. The van der Waals surface area contributed by atoms with Gasteiger partial charge in [0.25, 0.3) is 0 Å². The molecule has 1 atom stereocenters. The van der Waals surface area contributed by atoms with E-state index in [0.29, 0.717) is 13.0 Å². The summed E-state index contributed by atoms with van der Waals surface area (Å²) in [5.41, 5.74) is 1.34. The van der Waals surface area contributed by atoms with E-state index in [-0.39, 0.29) is 11.7 Å². The Kier molecular flexibility index (Phi) is 8.12. The van der Waals surface area contributed by atoms with E-state index in [9.17, 15) is 8.42 Å². The van der Waals surface area contributed by atoms with Gasteiger partial charge in [0.1, 0.15) is 5.75 Å². The Morgan fingerprint density at radius 1 is 1.19 bits per heavy atom. The second-order valence-corrected chi connectivity index (χ2v) is 8.42. The smallest absolute Gasteiger partial charge is 0.232 e. The molecule has 0 saturated carbocycles. The zero-order valence-corrected chi connectivity index (χ0v) is 14.4. The van der Waals surface area contributed by atoms with Crippen LogP contribution in [-0.4, -0.2) is 20.8 Å². The van der Waals surface area contributed by atoms with Gasteiger partial charge in [-0.25, -0.2) is 8.42 Å². The van der Waals surface area contributed by atoms with Gasteiger partial charge in [-0.2, -0.15) is 0 Å². The Hall–Kier alpha value is -0.740. The fraction of sp³-hybridized carbons (Fsp3) is 0.625. The Morgan fingerprint density at radius 3 is 2.43 bits per heavy atom. The molecule has 0 amide bonds. The van der Waals surface area contributed by atoms with Crippen LogP contribution in [-0.2, 0) is 15.5 Å². The predicted octanol–water partition coefficient (Wildman–Crippen LogP) is 4.39. The number of hydrogen-bond acceptors (Lipinski definition) is 3. The summed E-state index contributed by atoms with van der Waals surface area (Å²) in [6, 6.07) is 8.21. The van der Waals surface area contributed by atoms with Gasteiger partial charge in [-0.3, -0.25) is 0 Å². The molecule has 0 radical (unpaired) electrons. The van der Waals surface area contributed by atoms with Crippen LogP contribution in [0.15, 0.2) is 24.3 Å². The lowest BCUT2D eigenvalue weighted by Gasteiger charge is -2.11. The zero-order chi connectivity index (χ0) is 15.7. The minimum absolute atomic E-state index is 0.0296. The first-order valence-corrected chi connectivity index (χ1v) is 10.0. The summed E-state index contributed by atoms with van der Waals surface area (Å²) in [4.78, 5) is 0. The summed E-state index contributed by atoms with van der Waals surface area (Å²) < 4.78 is 27.4.